The third kappa shape index (κ3) is 3.57. The van der Waals surface area contributed by atoms with Crippen LogP contribution in [0.3, 0.4) is 0 Å². The zero-order valence-corrected chi connectivity index (χ0v) is 9.68. The molecule has 0 aromatic heterocycles. The number of alkyl halides is 1. The maximum absolute atomic E-state index is 10.8. The quantitative estimate of drug-likeness (QED) is 0.464. The summed E-state index contributed by atoms with van der Waals surface area (Å²) in [6.45, 7) is 0. The molecular formula is C11H10Cl2O2. The summed E-state index contributed by atoms with van der Waals surface area (Å²) in [5.74, 6) is -0.0454. The van der Waals surface area contributed by atoms with Crippen molar-refractivity contribution in [2.75, 3.05) is 7.11 Å². The highest BCUT2D eigenvalue weighted by atomic mass is 35.5. The fourth-order valence-electron chi connectivity index (χ4n) is 1.03. The molecule has 2 nitrogen and oxygen atoms in total. The molecule has 0 N–H and O–H groups in total. The lowest BCUT2D eigenvalue weighted by Gasteiger charge is -2.01. The Kier molecular flexibility index (Phi) is 4.66. The Morgan fingerprint density at radius 3 is 2.87 bits per heavy atom. The van der Waals surface area contributed by atoms with Crippen LogP contribution in [0.25, 0.3) is 6.08 Å². The molecular weight excluding hydrogens is 235 g/mol. The van der Waals surface area contributed by atoms with Crippen molar-refractivity contribution in [2.45, 2.75) is 5.88 Å². The summed E-state index contributed by atoms with van der Waals surface area (Å²) in [6, 6.07) is 5.38. The first-order valence-corrected chi connectivity index (χ1v) is 5.19. The van der Waals surface area contributed by atoms with Gasteiger partial charge in [0.25, 0.3) is 0 Å². The zero-order chi connectivity index (χ0) is 11.3. The van der Waals surface area contributed by atoms with Crippen LogP contribution in [0.15, 0.2) is 24.3 Å². The van der Waals surface area contributed by atoms with Crippen molar-refractivity contribution in [2.24, 2.45) is 0 Å². The molecule has 0 unspecified atom stereocenters. The molecule has 0 fully saturated rings. The van der Waals surface area contributed by atoms with Crippen LogP contribution in [0.1, 0.15) is 11.1 Å². The Labute approximate surface area is 98.4 Å². The van der Waals surface area contributed by atoms with Crippen LogP contribution < -0.4 is 0 Å². The van der Waals surface area contributed by atoms with Crippen LogP contribution in [-0.2, 0) is 15.4 Å². The number of methoxy groups -OCH3 is 1. The van der Waals surface area contributed by atoms with Gasteiger partial charge in [-0.25, -0.2) is 4.79 Å². The average molecular weight is 245 g/mol. The highest BCUT2D eigenvalue weighted by Gasteiger charge is 1.99. The van der Waals surface area contributed by atoms with Crippen molar-refractivity contribution >= 4 is 35.2 Å². The molecule has 15 heavy (non-hydrogen) atoms. The molecule has 0 atom stereocenters. The first-order valence-electron chi connectivity index (χ1n) is 4.28. The minimum Gasteiger partial charge on any atom is -0.466 e. The van der Waals surface area contributed by atoms with E-state index in [0.717, 1.165) is 11.1 Å². The molecule has 0 saturated carbocycles. The summed E-state index contributed by atoms with van der Waals surface area (Å²) in [5, 5.41) is 0.625. The van der Waals surface area contributed by atoms with E-state index >= 15 is 0 Å². The van der Waals surface area contributed by atoms with E-state index in [1.54, 1.807) is 18.2 Å². The van der Waals surface area contributed by atoms with Gasteiger partial charge in [-0.15, -0.1) is 11.6 Å². The van der Waals surface area contributed by atoms with E-state index in [4.69, 9.17) is 23.2 Å². The second-order valence-corrected chi connectivity index (χ2v) is 3.52. The molecule has 0 amide bonds. The summed E-state index contributed by atoms with van der Waals surface area (Å²) < 4.78 is 4.47. The molecule has 0 bridgehead atoms. The van der Waals surface area contributed by atoms with E-state index in [-0.39, 0.29) is 0 Å². The molecule has 0 aliphatic carbocycles. The van der Waals surface area contributed by atoms with Crippen molar-refractivity contribution < 1.29 is 9.53 Å². The normalized spacial score (nSPS) is 10.6. The predicted molar refractivity (Wildman–Crippen MR) is 62.1 cm³/mol. The van der Waals surface area contributed by atoms with Crippen LogP contribution in [0.5, 0.6) is 0 Å². The fourth-order valence-corrected chi connectivity index (χ4v) is 1.51. The lowest BCUT2D eigenvalue weighted by molar-refractivity contribution is -0.134. The maximum Gasteiger partial charge on any atom is 0.330 e. The third-order valence-corrected chi connectivity index (χ3v) is 2.48. The number of esters is 1. The lowest BCUT2D eigenvalue weighted by atomic mass is 10.1. The highest BCUT2D eigenvalue weighted by molar-refractivity contribution is 6.32. The highest BCUT2D eigenvalue weighted by Crippen LogP contribution is 2.20. The van der Waals surface area contributed by atoms with Crippen LogP contribution in [0.4, 0.5) is 0 Å². The third-order valence-electron chi connectivity index (χ3n) is 1.83. The first kappa shape index (κ1) is 12.1. The van der Waals surface area contributed by atoms with E-state index in [1.165, 1.54) is 13.2 Å². The van der Waals surface area contributed by atoms with Gasteiger partial charge in [-0.1, -0.05) is 17.7 Å². The fraction of sp³-hybridized carbons (Fsp3) is 0.182. The van der Waals surface area contributed by atoms with Crippen molar-refractivity contribution in [1.29, 1.82) is 0 Å². The number of hydrogen-bond donors (Lipinski definition) is 0. The second kappa shape index (κ2) is 5.79. The Balaban J connectivity index is 2.87. The first-order chi connectivity index (χ1) is 7.17. The summed E-state index contributed by atoms with van der Waals surface area (Å²) in [6.07, 6.45) is 3.00. The van der Waals surface area contributed by atoms with Gasteiger partial charge in [0.05, 0.1) is 7.11 Å². The molecule has 80 valence electrons. The Hall–Kier alpha value is -0.990. The van der Waals surface area contributed by atoms with E-state index in [0.29, 0.717) is 10.9 Å². The molecule has 0 heterocycles. The van der Waals surface area contributed by atoms with Gasteiger partial charge < -0.3 is 4.74 Å². The molecule has 0 radical (unpaired) electrons. The maximum atomic E-state index is 10.8. The molecule has 0 aliphatic rings. The Morgan fingerprint density at radius 2 is 2.27 bits per heavy atom. The minimum absolute atomic E-state index is 0.346. The molecule has 0 saturated heterocycles. The number of benzene rings is 1. The molecule has 0 spiro atoms. The standard InChI is InChI=1S/C11H10Cl2O2/c1-15-11(14)5-3-8-2-4-10(13)9(6-8)7-12/h2-6H,7H2,1H3. The van der Waals surface area contributed by atoms with Gasteiger partial charge in [0.2, 0.25) is 0 Å². The minimum atomic E-state index is -0.391. The number of rotatable bonds is 3. The van der Waals surface area contributed by atoms with Gasteiger partial charge in [-0.3, -0.25) is 0 Å². The van der Waals surface area contributed by atoms with Gasteiger partial charge in [-0.2, -0.15) is 0 Å². The summed E-state index contributed by atoms with van der Waals surface area (Å²) in [4.78, 5) is 10.8. The van der Waals surface area contributed by atoms with Crippen molar-refractivity contribution in [3.05, 3.63) is 40.4 Å². The molecule has 1 aromatic rings. The van der Waals surface area contributed by atoms with Crippen LogP contribution >= 0.6 is 23.2 Å². The van der Waals surface area contributed by atoms with Crippen molar-refractivity contribution in [3.8, 4) is 0 Å². The van der Waals surface area contributed by atoms with Crippen LogP contribution in [0, 0.1) is 0 Å². The molecule has 0 aliphatic heterocycles. The molecule has 1 aromatic carbocycles. The van der Waals surface area contributed by atoms with Crippen molar-refractivity contribution in [3.63, 3.8) is 0 Å². The Morgan fingerprint density at radius 1 is 1.53 bits per heavy atom. The zero-order valence-electron chi connectivity index (χ0n) is 8.17. The SMILES string of the molecule is COC(=O)C=Cc1ccc(Cl)c(CCl)c1. The Bertz CT molecular complexity index is 386. The van der Waals surface area contributed by atoms with Crippen molar-refractivity contribution in [1.82, 2.24) is 0 Å². The topological polar surface area (TPSA) is 26.3 Å². The molecule has 1 rings (SSSR count). The van der Waals surface area contributed by atoms with E-state index in [2.05, 4.69) is 4.74 Å². The largest absolute Gasteiger partial charge is 0.466 e. The second-order valence-electron chi connectivity index (χ2n) is 2.84. The van der Waals surface area contributed by atoms with Gasteiger partial charge in [-0.05, 0) is 29.3 Å². The number of carbonyl (C=O) groups excluding carboxylic acids is 1. The van der Waals surface area contributed by atoms with Gasteiger partial charge >= 0.3 is 5.97 Å². The van der Waals surface area contributed by atoms with E-state index in [9.17, 15) is 4.79 Å². The summed E-state index contributed by atoms with van der Waals surface area (Å²) in [7, 11) is 1.33. The number of hydrogen-bond acceptors (Lipinski definition) is 2. The van der Waals surface area contributed by atoms with Gasteiger partial charge in [0.1, 0.15) is 0 Å². The summed E-state index contributed by atoms with van der Waals surface area (Å²) >= 11 is 11.6. The van der Waals surface area contributed by atoms with Gasteiger partial charge in [0.15, 0.2) is 0 Å². The smallest absolute Gasteiger partial charge is 0.330 e. The van der Waals surface area contributed by atoms with E-state index in [1.807, 2.05) is 6.07 Å². The van der Waals surface area contributed by atoms with Crippen LogP contribution in [0.2, 0.25) is 5.02 Å². The summed E-state index contributed by atoms with van der Waals surface area (Å²) in [5.41, 5.74) is 1.70. The number of carbonyl (C=O) groups is 1. The average Bonchev–Trinajstić information content (AvgIpc) is 2.27. The number of halogens is 2. The molecule has 4 heteroatoms. The number of ether oxygens (including phenoxy) is 1. The monoisotopic (exact) mass is 244 g/mol. The van der Waals surface area contributed by atoms with Gasteiger partial charge in [0, 0.05) is 17.0 Å². The predicted octanol–water partition coefficient (Wildman–Crippen LogP) is 3.27. The van der Waals surface area contributed by atoms with E-state index < -0.39 is 5.97 Å². The lowest BCUT2D eigenvalue weighted by Crippen LogP contribution is -1.93. The van der Waals surface area contributed by atoms with Crippen LogP contribution in [-0.4, -0.2) is 13.1 Å².